The smallest absolute Gasteiger partial charge is 0.188 e. The lowest BCUT2D eigenvalue weighted by atomic mass is 10.2. The number of aromatic nitrogens is 2. The van der Waals surface area contributed by atoms with Gasteiger partial charge >= 0.3 is 0 Å². The molecule has 0 amide bonds. The quantitative estimate of drug-likeness (QED) is 0.550. The zero-order valence-electron chi connectivity index (χ0n) is 10.9. The van der Waals surface area contributed by atoms with E-state index in [1.807, 2.05) is 48.5 Å². The van der Waals surface area contributed by atoms with Crippen LogP contribution in [-0.2, 0) is 0 Å². The predicted octanol–water partition coefficient (Wildman–Crippen LogP) is 5.24. The van der Waals surface area contributed by atoms with Crippen molar-refractivity contribution in [1.82, 2.24) is 9.97 Å². The van der Waals surface area contributed by atoms with Gasteiger partial charge in [0, 0.05) is 17.3 Å². The van der Waals surface area contributed by atoms with Gasteiger partial charge in [-0.15, -0.1) is 0 Å². The molecule has 0 aliphatic carbocycles. The molecule has 0 spiro atoms. The molecule has 0 saturated heterocycles. The Hall–Kier alpha value is -2.17. The second kappa shape index (κ2) is 4.98. The molecule has 1 N–H and O–H groups in total. The molecule has 0 unspecified atom stereocenters. The number of thiazole rings is 1. The highest BCUT2D eigenvalue weighted by Gasteiger charge is 2.08. The SMILES string of the molecule is Clc1cccc2nc(Nc3cccc4ncccc34)sc12. The van der Waals surface area contributed by atoms with E-state index in [2.05, 4.69) is 15.3 Å². The first kappa shape index (κ1) is 12.6. The van der Waals surface area contributed by atoms with Gasteiger partial charge in [0.05, 0.1) is 20.8 Å². The number of hydrogen-bond donors (Lipinski definition) is 1. The number of rotatable bonds is 2. The number of nitrogens with one attached hydrogen (secondary N) is 1. The van der Waals surface area contributed by atoms with Gasteiger partial charge < -0.3 is 5.32 Å². The van der Waals surface area contributed by atoms with Gasteiger partial charge in [0.1, 0.15) is 0 Å². The first-order chi connectivity index (χ1) is 10.3. The van der Waals surface area contributed by atoms with E-state index in [9.17, 15) is 0 Å². The maximum absolute atomic E-state index is 6.20. The van der Waals surface area contributed by atoms with E-state index in [0.717, 1.165) is 37.0 Å². The maximum Gasteiger partial charge on any atom is 0.188 e. The highest BCUT2D eigenvalue weighted by atomic mass is 35.5. The number of hydrogen-bond acceptors (Lipinski definition) is 4. The zero-order valence-corrected chi connectivity index (χ0v) is 12.4. The topological polar surface area (TPSA) is 37.8 Å². The Morgan fingerprint density at radius 2 is 1.81 bits per heavy atom. The summed E-state index contributed by atoms with van der Waals surface area (Å²) in [4.78, 5) is 8.94. The van der Waals surface area contributed by atoms with E-state index < -0.39 is 0 Å². The molecule has 2 aromatic carbocycles. The van der Waals surface area contributed by atoms with Crippen LogP contribution in [0.25, 0.3) is 21.1 Å². The predicted molar refractivity (Wildman–Crippen MR) is 89.7 cm³/mol. The fourth-order valence-corrected chi connectivity index (χ4v) is 3.46. The average molecular weight is 312 g/mol. The van der Waals surface area contributed by atoms with Crippen LogP contribution < -0.4 is 5.32 Å². The first-order valence-electron chi connectivity index (χ1n) is 6.47. The van der Waals surface area contributed by atoms with Crippen molar-refractivity contribution in [3.8, 4) is 0 Å². The molecule has 102 valence electrons. The van der Waals surface area contributed by atoms with Crippen molar-refractivity contribution < 1.29 is 0 Å². The molecule has 4 aromatic rings. The highest BCUT2D eigenvalue weighted by Crippen LogP contribution is 2.34. The molecule has 2 heterocycles. The summed E-state index contributed by atoms with van der Waals surface area (Å²) in [6.07, 6.45) is 1.80. The van der Waals surface area contributed by atoms with Gasteiger partial charge in [-0.1, -0.05) is 35.1 Å². The van der Waals surface area contributed by atoms with E-state index in [4.69, 9.17) is 11.6 Å². The summed E-state index contributed by atoms with van der Waals surface area (Å²) < 4.78 is 1.00. The largest absolute Gasteiger partial charge is 0.331 e. The molecule has 21 heavy (non-hydrogen) atoms. The molecule has 2 aromatic heterocycles. The van der Waals surface area contributed by atoms with Crippen LogP contribution in [-0.4, -0.2) is 9.97 Å². The van der Waals surface area contributed by atoms with Crippen LogP contribution in [0.3, 0.4) is 0 Å². The van der Waals surface area contributed by atoms with E-state index in [-0.39, 0.29) is 0 Å². The normalized spacial score (nSPS) is 11.1. The lowest BCUT2D eigenvalue weighted by Gasteiger charge is -2.06. The van der Waals surface area contributed by atoms with Crippen molar-refractivity contribution in [2.75, 3.05) is 5.32 Å². The number of anilines is 2. The summed E-state index contributed by atoms with van der Waals surface area (Å²) in [5.41, 5.74) is 2.87. The van der Waals surface area contributed by atoms with Crippen molar-refractivity contribution in [3.63, 3.8) is 0 Å². The third-order valence-electron chi connectivity index (χ3n) is 3.25. The van der Waals surface area contributed by atoms with Gasteiger partial charge in [0.25, 0.3) is 0 Å². The van der Waals surface area contributed by atoms with Gasteiger partial charge in [0.15, 0.2) is 5.13 Å². The molecule has 0 fully saturated rings. The van der Waals surface area contributed by atoms with Crippen molar-refractivity contribution in [2.24, 2.45) is 0 Å². The molecule has 0 aliphatic heterocycles. The average Bonchev–Trinajstić information content (AvgIpc) is 2.92. The van der Waals surface area contributed by atoms with Gasteiger partial charge in [-0.05, 0) is 36.4 Å². The number of benzene rings is 2. The van der Waals surface area contributed by atoms with E-state index in [1.54, 1.807) is 17.5 Å². The Balaban J connectivity index is 1.81. The van der Waals surface area contributed by atoms with Crippen LogP contribution in [0.15, 0.2) is 54.7 Å². The molecule has 0 atom stereocenters. The second-order valence-corrected chi connectivity index (χ2v) is 6.01. The minimum absolute atomic E-state index is 0.734. The van der Waals surface area contributed by atoms with Crippen LogP contribution in [0.1, 0.15) is 0 Å². The van der Waals surface area contributed by atoms with Crippen molar-refractivity contribution >= 4 is 54.9 Å². The summed E-state index contributed by atoms with van der Waals surface area (Å²) in [5.74, 6) is 0. The van der Waals surface area contributed by atoms with Gasteiger partial charge in [-0.3, -0.25) is 4.98 Å². The van der Waals surface area contributed by atoms with E-state index in [0.29, 0.717) is 0 Å². The number of fused-ring (bicyclic) bond motifs is 2. The molecular formula is C16H10ClN3S. The summed E-state index contributed by atoms with van der Waals surface area (Å²) in [5, 5.41) is 6.01. The summed E-state index contributed by atoms with van der Waals surface area (Å²) in [6.45, 7) is 0. The van der Waals surface area contributed by atoms with E-state index >= 15 is 0 Å². The third kappa shape index (κ3) is 2.22. The standard InChI is InChI=1S/C16H10ClN3S/c17-11-5-1-8-14-15(11)21-16(20-14)19-13-7-2-6-12-10(13)4-3-9-18-12/h1-9H,(H,19,20). The van der Waals surface area contributed by atoms with Crippen molar-refractivity contribution in [3.05, 3.63) is 59.8 Å². The number of halogens is 1. The third-order valence-corrected chi connectivity index (χ3v) is 4.70. The van der Waals surface area contributed by atoms with Gasteiger partial charge in [-0.2, -0.15) is 0 Å². The highest BCUT2D eigenvalue weighted by molar-refractivity contribution is 7.22. The van der Waals surface area contributed by atoms with Crippen molar-refractivity contribution in [1.29, 1.82) is 0 Å². The Kier molecular flexibility index (Phi) is 2.98. The molecule has 0 radical (unpaired) electrons. The van der Waals surface area contributed by atoms with Crippen LogP contribution in [0.5, 0.6) is 0 Å². The Labute approximate surface area is 130 Å². The molecule has 0 saturated carbocycles. The summed E-state index contributed by atoms with van der Waals surface area (Å²) in [6, 6.07) is 15.7. The molecule has 0 bridgehead atoms. The Morgan fingerprint density at radius 3 is 2.71 bits per heavy atom. The van der Waals surface area contributed by atoms with Crippen molar-refractivity contribution in [2.45, 2.75) is 0 Å². The molecule has 3 nitrogen and oxygen atoms in total. The summed E-state index contributed by atoms with van der Waals surface area (Å²) in [7, 11) is 0. The lowest BCUT2D eigenvalue weighted by Crippen LogP contribution is -1.91. The van der Waals surface area contributed by atoms with Crippen LogP contribution >= 0.6 is 22.9 Å². The Morgan fingerprint density at radius 1 is 0.952 bits per heavy atom. The zero-order chi connectivity index (χ0) is 14.2. The van der Waals surface area contributed by atoms with Gasteiger partial charge in [-0.25, -0.2) is 4.98 Å². The number of pyridine rings is 1. The summed E-state index contributed by atoms with van der Waals surface area (Å²) >= 11 is 7.75. The monoisotopic (exact) mass is 311 g/mol. The molecular weight excluding hydrogens is 302 g/mol. The van der Waals surface area contributed by atoms with Crippen LogP contribution in [0.2, 0.25) is 5.02 Å². The number of nitrogens with zero attached hydrogens (tertiary/aromatic N) is 2. The second-order valence-electron chi connectivity index (χ2n) is 4.61. The van der Waals surface area contributed by atoms with Crippen LogP contribution in [0.4, 0.5) is 10.8 Å². The minimum Gasteiger partial charge on any atom is -0.331 e. The van der Waals surface area contributed by atoms with Gasteiger partial charge in [0.2, 0.25) is 0 Å². The minimum atomic E-state index is 0.734. The maximum atomic E-state index is 6.20. The Bertz CT molecular complexity index is 943. The fraction of sp³-hybridized carbons (Fsp3) is 0. The fourth-order valence-electron chi connectivity index (χ4n) is 2.30. The van der Waals surface area contributed by atoms with Crippen LogP contribution in [0, 0.1) is 0 Å². The molecule has 0 aliphatic rings. The van der Waals surface area contributed by atoms with E-state index in [1.165, 1.54) is 0 Å². The first-order valence-corrected chi connectivity index (χ1v) is 7.66. The lowest BCUT2D eigenvalue weighted by molar-refractivity contribution is 1.40. The molecule has 5 heteroatoms. The molecule has 4 rings (SSSR count).